The van der Waals surface area contributed by atoms with Gasteiger partial charge in [0.05, 0.1) is 6.04 Å². The fourth-order valence-electron chi connectivity index (χ4n) is 1.98. The van der Waals surface area contributed by atoms with Crippen LogP contribution >= 0.6 is 0 Å². The molecule has 0 saturated carbocycles. The highest BCUT2D eigenvalue weighted by Crippen LogP contribution is 2.27. The Bertz CT molecular complexity index is 529. The van der Waals surface area contributed by atoms with Crippen LogP contribution in [0.5, 0.6) is 0 Å². The average molecular weight is 241 g/mol. The Labute approximate surface area is 106 Å². The highest BCUT2D eigenvalue weighted by Gasteiger charge is 2.22. The second-order valence-corrected chi connectivity index (χ2v) is 4.28. The number of Topliss-reactive ketones (excluding diaryl/α,β-unsaturated/α-hetero) is 1. The van der Waals surface area contributed by atoms with Crippen molar-refractivity contribution in [3.63, 3.8) is 0 Å². The third-order valence-corrected chi connectivity index (χ3v) is 2.95. The topological polar surface area (TPSA) is 37.4 Å². The van der Waals surface area contributed by atoms with Gasteiger partial charge in [0, 0.05) is 18.7 Å². The standard InChI is InChI=1S/C15H15NO2/c1-11(17)14-8-9-15(16(10-14)12(2)18)13-6-4-3-5-7-13/h3-10,15H,1-2H3. The molecule has 2 rings (SSSR count). The highest BCUT2D eigenvalue weighted by atomic mass is 16.2. The van der Waals surface area contributed by atoms with Gasteiger partial charge in [-0.1, -0.05) is 42.5 Å². The molecule has 1 aliphatic rings. The first-order valence-electron chi connectivity index (χ1n) is 5.84. The summed E-state index contributed by atoms with van der Waals surface area (Å²) in [4.78, 5) is 24.6. The summed E-state index contributed by atoms with van der Waals surface area (Å²) in [5, 5.41) is 0. The van der Waals surface area contributed by atoms with Crippen LogP contribution in [0, 0.1) is 0 Å². The zero-order valence-corrected chi connectivity index (χ0v) is 10.5. The second-order valence-electron chi connectivity index (χ2n) is 4.28. The van der Waals surface area contributed by atoms with Gasteiger partial charge in [0.1, 0.15) is 0 Å². The molecule has 1 aromatic carbocycles. The van der Waals surface area contributed by atoms with Gasteiger partial charge in [-0.25, -0.2) is 0 Å². The van der Waals surface area contributed by atoms with E-state index in [-0.39, 0.29) is 17.7 Å². The Morgan fingerprint density at radius 1 is 1.11 bits per heavy atom. The summed E-state index contributed by atoms with van der Waals surface area (Å²) in [6.07, 6.45) is 5.29. The van der Waals surface area contributed by atoms with Crippen molar-refractivity contribution in [1.29, 1.82) is 0 Å². The van der Waals surface area contributed by atoms with Gasteiger partial charge in [-0.3, -0.25) is 9.59 Å². The fraction of sp³-hybridized carbons (Fsp3) is 0.200. The molecule has 0 spiro atoms. The number of rotatable bonds is 2. The minimum atomic E-state index is -0.133. The number of allylic oxidation sites excluding steroid dienone is 2. The summed E-state index contributed by atoms with van der Waals surface area (Å²) >= 11 is 0. The molecule has 1 aromatic rings. The molecule has 3 nitrogen and oxygen atoms in total. The lowest BCUT2D eigenvalue weighted by Crippen LogP contribution is -2.29. The summed E-state index contributed by atoms with van der Waals surface area (Å²) in [5.74, 6) is -0.115. The lowest BCUT2D eigenvalue weighted by molar-refractivity contribution is -0.127. The van der Waals surface area contributed by atoms with Gasteiger partial charge < -0.3 is 4.90 Å². The molecular formula is C15H15NO2. The lowest BCUT2D eigenvalue weighted by atomic mass is 10.00. The van der Waals surface area contributed by atoms with Gasteiger partial charge in [-0.15, -0.1) is 0 Å². The van der Waals surface area contributed by atoms with E-state index in [4.69, 9.17) is 0 Å². The first-order valence-corrected chi connectivity index (χ1v) is 5.84. The van der Waals surface area contributed by atoms with Gasteiger partial charge in [0.15, 0.2) is 5.78 Å². The molecule has 0 radical (unpaired) electrons. The number of carbonyl (C=O) groups excluding carboxylic acids is 2. The Balaban J connectivity index is 2.37. The van der Waals surface area contributed by atoms with E-state index in [0.717, 1.165) is 5.56 Å². The third-order valence-electron chi connectivity index (χ3n) is 2.95. The van der Waals surface area contributed by atoms with Gasteiger partial charge >= 0.3 is 0 Å². The molecule has 1 atom stereocenters. The Morgan fingerprint density at radius 3 is 2.33 bits per heavy atom. The van der Waals surface area contributed by atoms with Crippen LogP contribution in [0.4, 0.5) is 0 Å². The van der Waals surface area contributed by atoms with Crippen LogP contribution in [0.1, 0.15) is 25.5 Å². The second kappa shape index (κ2) is 5.00. The van der Waals surface area contributed by atoms with Gasteiger partial charge in [-0.05, 0) is 12.5 Å². The number of hydrogen-bond acceptors (Lipinski definition) is 2. The van der Waals surface area contributed by atoms with Gasteiger partial charge in [-0.2, -0.15) is 0 Å². The van der Waals surface area contributed by atoms with E-state index in [2.05, 4.69) is 0 Å². The summed E-state index contributed by atoms with van der Waals surface area (Å²) < 4.78 is 0. The molecule has 0 fully saturated rings. The smallest absolute Gasteiger partial charge is 0.224 e. The monoisotopic (exact) mass is 241 g/mol. The van der Waals surface area contributed by atoms with E-state index in [9.17, 15) is 9.59 Å². The number of carbonyl (C=O) groups is 2. The third kappa shape index (κ3) is 2.40. The fourth-order valence-corrected chi connectivity index (χ4v) is 1.98. The maximum absolute atomic E-state index is 11.7. The maximum Gasteiger partial charge on any atom is 0.224 e. The van der Waals surface area contributed by atoms with Crippen molar-refractivity contribution in [3.05, 3.63) is 59.8 Å². The molecule has 3 heteroatoms. The zero-order valence-electron chi connectivity index (χ0n) is 10.5. The van der Waals surface area contributed by atoms with E-state index in [0.29, 0.717) is 5.57 Å². The molecule has 92 valence electrons. The van der Waals surface area contributed by atoms with E-state index in [1.807, 2.05) is 36.4 Å². The summed E-state index contributed by atoms with van der Waals surface area (Å²) in [5.41, 5.74) is 1.58. The van der Waals surface area contributed by atoms with Gasteiger partial charge in [0.25, 0.3) is 0 Å². The molecule has 0 aliphatic carbocycles. The summed E-state index contributed by atoms with van der Waals surface area (Å²) in [6, 6.07) is 9.61. The predicted molar refractivity (Wildman–Crippen MR) is 69.6 cm³/mol. The van der Waals surface area contributed by atoms with Crippen molar-refractivity contribution in [2.24, 2.45) is 0 Å². The minimum absolute atomic E-state index is 0.0380. The van der Waals surface area contributed by atoms with Crippen LogP contribution < -0.4 is 0 Å². The number of nitrogens with zero attached hydrogens (tertiary/aromatic N) is 1. The van der Waals surface area contributed by atoms with Crippen LogP contribution in [-0.4, -0.2) is 16.6 Å². The summed E-state index contributed by atoms with van der Waals surface area (Å²) in [6.45, 7) is 3.00. The first-order chi connectivity index (χ1) is 8.59. The van der Waals surface area contributed by atoms with Crippen LogP contribution in [-0.2, 0) is 9.59 Å². The van der Waals surface area contributed by atoms with Crippen molar-refractivity contribution in [3.8, 4) is 0 Å². The van der Waals surface area contributed by atoms with E-state index < -0.39 is 0 Å². The van der Waals surface area contributed by atoms with Gasteiger partial charge in [0.2, 0.25) is 5.91 Å². The van der Waals surface area contributed by atoms with Crippen molar-refractivity contribution in [2.45, 2.75) is 19.9 Å². The molecule has 0 bridgehead atoms. The molecule has 0 saturated heterocycles. The molecule has 1 aliphatic heterocycles. The quantitative estimate of drug-likeness (QED) is 0.798. The normalized spacial score (nSPS) is 18.4. The highest BCUT2D eigenvalue weighted by molar-refractivity contribution is 5.97. The van der Waals surface area contributed by atoms with Crippen molar-refractivity contribution < 1.29 is 9.59 Å². The lowest BCUT2D eigenvalue weighted by Gasteiger charge is -2.29. The Kier molecular flexibility index (Phi) is 3.42. The molecule has 0 aromatic heterocycles. The van der Waals surface area contributed by atoms with Crippen molar-refractivity contribution in [2.75, 3.05) is 0 Å². The molecule has 18 heavy (non-hydrogen) atoms. The van der Waals surface area contributed by atoms with E-state index in [1.54, 1.807) is 17.2 Å². The number of benzene rings is 1. The summed E-state index contributed by atoms with van der Waals surface area (Å²) in [7, 11) is 0. The largest absolute Gasteiger partial charge is 0.308 e. The number of hydrogen-bond donors (Lipinski definition) is 0. The van der Waals surface area contributed by atoms with Crippen LogP contribution in [0.2, 0.25) is 0 Å². The number of ketones is 1. The molecule has 1 unspecified atom stereocenters. The Hall–Kier alpha value is -2.16. The van der Waals surface area contributed by atoms with Crippen LogP contribution in [0.15, 0.2) is 54.3 Å². The SMILES string of the molecule is CC(=O)C1=CN(C(C)=O)C(c2ccccc2)C=C1. The predicted octanol–water partition coefficient (Wildman–Crippen LogP) is 2.62. The van der Waals surface area contributed by atoms with Crippen LogP contribution in [0.25, 0.3) is 0 Å². The zero-order chi connectivity index (χ0) is 13.1. The maximum atomic E-state index is 11.7. The average Bonchev–Trinajstić information content (AvgIpc) is 2.39. The molecular weight excluding hydrogens is 226 g/mol. The Morgan fingerprint density at radius 2 is 1.78 bits per heavy atom. The van der Waals surface area contributed by atoms with E-state index in [1.165, 1.54) is 13.8 Å². The minimum Gasteiger partial charge on any atom is -0.308 e. The first kappa shape index (κ1) is 12.3. The molecule has 1 amide bonds. The molecule has 1 heterocycles. The van der Waals surface area contributed by atoms with Crippen LogP contribution in [0.3, 0.4) is 0 Å². The van der Waals surface area contributed by atoms with Crippen molar-refractivity contribution in [1.82, 2.24) is 4.90 Å². The van der Waals surface area contributed by atoms with E-state index >= 15 is 0 Å². The molecule has 0 N–H and O–H groups in total. The van der Waals surface area contributed by atoms with Crippen molar-refractivity contribution >= 4 is 11.7 Å². The number of amides is 1.